The van der Waals surface area contributed by atoms with E-state index in [9.17, 15) is 0 Å². The Morgan fingerprint density at radius 3 is 2.28 bits per heavy atom. The molecule has 0 aromatic heterocycles. The van der Waals surface area contributed by atoms with Gasteiger partial charge in [-0.15, -0.1) is 0 Å². The fraction of sp³-hybridized carbons (Fsp3) is 0.923. The van der Waals surface area contributed by atoms with Gasteiger partial charge in [0.2, 0.25) is 6.54 Å². The monoisotopic (exact) mass is 275 g/mol. The lowest BCUT2D eigenvalue weighted by molar-refractivity contribution is 0.166. The molecule has 1 unspecified atom stereocenters. The first-order valence-electron chi connectivity index (χ1n) is 7.11. The highest BCUT2D eigenvalue weighted by molar-refractivity contribution is 7.44. The zero-order chi connectivity index (χ0) is 14.8. The maximum Gasteiger partial charge on any atom is 0.259 e. The van der Waals surface area contributed by atoms with Crippen LogP contribution in [0, 0.1) is 12.5 Å². The van der Waals surface area contributed by atoms with Crippen molar-refractivity contribution in [2.45, 2.75) is 53.6 Å². The number of hydrogen-bond acceptors (Lipinski definition) is 3. The van der Waals surface area contributed by atoms with Gasteiger partial charge in [0.1, 0.15) is 6.61 Å². The molecule has 18 heavy (non-hydrogen) atoms. The van der Waals surface area contributed by atoms with Gasteiger partial charge in [-0.2, -0.15) is 0 Å². The summed E-state index contributed by atoms with van der Waals surface area (Å²) in [6.45, 7) is 18.9. The van der Waals surface area contributed by atoms with Gasteiger partial charge in [-0.05, 0) is 33.6 Å². The molecule has 2 atom stereocenters. The van der Waals surface area contributed by atoms with Gasteiger partial charge in [-0.25, -0.2) is 11.2 Å². The maximum absolute atomic E-state index is 7.33. The predicted molar refractivity (Wildman–Crippen MR) is 77.2 cm³/mol. The number of hydrogen-bond donors (Lipinski definition) is 0. The molecule has 0 rings (SSSR count). The molecular weight excluding hydrogens is 247 g/mol. The lowest BCUT2D eigenvalue weighted by Gasteiger charge is -2.35. The normalized spacial score (nSPS) is 15.8. The summed E-state index contributed by atoms with van der Waals surface area (Å²) in [5.41, 5.74) is 0. The van der Waals surface area contributed by atoms with Crippen molar-refractivity contribution in [1.29, 1.82) is 0 Å². The highest BCUT2D eigenvalue weighted by Gasteiger charge is 2.27. The number of rotatable bonds is 9. The van der Waals surface area contributed by atoms with E-state index in [-0.39, 0.29) is 5.92 Å². The Morgan fingerprint density at radius 1 is 1.22 bits per heavy atom. The van der Waals surface area contributed by atoms with Crippen LogP contribution in [0.4, 0.5) is 0 Å². The summed E-state index contributed by atoms with van der Waals surface area (Å²) in [5.74, 6) is 0.204. The Morgan fingerprint density at radius 2 is 1.83 bits per heavy atom. The van der Waals surface area contributed by atoms with Crippen LogP contribution >= 0.6 is 8.53 Å². The lowest BCUT2D eigenvalue weighted by Crippen LogP contribution is -2.34. The van der Waals surface area contributed by atoms with Crippen molar-refractivity contribution in [3.05, 3.63) is 11.4 Å². The van der Waals surface area contributed by atoms with Crippen LogP contribution in [0.15, 0.2) is 0 Å². The largest absolute Gasteiger partial charge is 0.322 e. The van der Waals surface area contributed by atoms with Crippen LogP contribution < -0.4 is 0 Å². The summed E-state index contributed by atoms with van der Waals surface area (Å²) in [4.78, 5) is 3.30. The van der Waals surface area contributed by atoms with Crippen LogP contribution in [0.3, 0.4) is 0 Å². The summed E-state index contributed by atoms with van der Waals surface area (Å²) in [7, 11) is -1.15. The summed E-state index contributed by atoms with van der Waals surface area (Å²) < 4.78 is 21.2. The van der Waals surface area contributed by atoms with Crippen molar-refractivity contribution in [1.82, 2.24) is 4.67 Å². The van der Waals surface area contributed by atoms with Crippen molar-refractivity contribution in [3.63, 3.8) is 0 Å². The smallest absolute Gasteiger partial charge is 0.259 e. The zero-order valence-electron chi connectivity index (χ0n) is 13.2. The lowest BCUT2D eigenvalue weighted by atomic mass is 10.2. The molecule has 0 saturated carbocycles. The van der Waals surface area contributed by atoms with Crippen molar-refractivity contribution < 1.29 is 10.4 Å². The molecule has 0 aromatic rings. The van der Waals surface area contributed by atoms with Crippen LogP contribution in [0.5, 0.6) is 0 Å². The molecule has 0 aliphatic rings. The molecule has 0 spiro atoms. The Kier molecular flexibility index (Phi) is 8.54. The minimum absolute atomic E-state index is 0.204. The van der Waals surface area contributed by atoms with Gasteiger partial charge in [0.25, 0.3) is 8.53 Å². The predicted octanol–water partition coefficient (Wildman–Crippen LogP) is 3.94. The molecule has 4 nitrogen and oxygen atoms in total. The summed E-state index contributed by atoms with van der Waals surface area (Å²) in [6.07, 6.45) is 0. The van der Waals surface area contributed by atoms with Crippen LogP contribution in [0.25, 0.3) is 4.85 Å². The molecule has 0 amide bonds. The van der Waals surface area contributed by atoms with Crippen molar-refractivity contribution in [3.8, 4) is 0 Å². The van der Waals surface area contributed by atoms with Gasteiger partial charge in [0.05, 0.1) is 6.61 Å². The van der Waals surface area contributed by atoms with E-state index in [1.54, 1.807) is 0 Å². The van der Waals surface area contributed by atoms with E-state index >= 15 is 0 Å². The van der Waals surface area contributed by atoms with E-state index in [1.807, 2.05) is 6.92 Å². The van der Waals surface area contributed by atoms with Gasteiger partial charge in [0.15, 0.2) is 0 Å². The molecule has 0 fully saturated rings. The SMILES string of the molecule is [2H]C[C@H](C)COP(OCC[N+]#[C-])N(C(C)C)C(C)C. The second-order valence-corrected chi connectivity index (χ2v) is 6.38. The average molecular weight is 275 g/mol. The molecule has 0 aromatic carbocycles. The molecule has 5 heteroatoms. The Bertz CT molecular complexity index is 264. The number of nitrogens with zero attached hydrogens (tertiary/aromatic N) is 2. The second-order valence-electron chi connectivity index (χ2n) is 4.92. The maximum atomic E-state index is 7.33. The Balaban J connectivity index is 4.57. The molecule has 0 bridgehead atoms. The highest BCUT2D eigenvalue weighted by atomic mass is 31.2. The fourth-order valence-corrected chi connectivity index (χ4v) is 3.21. The third-order valence-electron chi connectivity index (χ3n) is 2.12. The Labute approximate surface area is 115 Å². The molecule has 0 aliphatic heterocycles. The van der Waals surface area contributed by atoms with Crippen LogP contribution in [0.1, 0.15) is 42.9 Å². The molecule has 0 radical (unpaired) electrons. The molecule has 0 N–H and O–H groups in total. The Hall–Kier alpha value is -0.200. The molecule has 0 aliphatic carbocycles. The van der Waals surface area contributed by atoms with Crippen molar-refractivity contribution >= 4 is 8.53 Å². The minimum atomic E-state index is -1.15. The van der Waals surface area contributed by atoms with Crippen LogP contribution in [-0.4, -0.2) is 36.5 Å². The van der Waals surface area contributed by atoms with Gasteiger partial charge >= 0.3 is 0 Å². The van der Waals surface area contributed by atoms with E-state index in [4.69, 9.17) is 17.0 Å². The van der Waals surface area contributed by atoms with Crippen LogP contribution in [-0.2, 0) is 9.05 Å². The summed E-state index contributed by atoms with van der Waals surface area (Å²) in [5, 5.41) is 0. The first-order valence-corrected chi connectivity index (χ1v) is 7.53. The minimum Gasteiger partial charge on any atom is -0.322 e. The fourth-order valence-electron chi connectivity index (χ4n) is 1.50. The third-order valence-corrected chi connectivity index (χ3v) is 4.20. The average Bonchev–Trinajstić information content (AvgIpc) is 2.34. The first kappa shape index (κ1) is 15.9. The quantitative estimate of drug-likeness (QED) is 0.362. The highest BCUT2D eigenvalue weighted by Crippen LogP contribution is 2.46. The van der Waals surface area contributed by atoms with Crippen molar-refractivity contribution in [2.75, 3.05) is 19.8 Å². The summed E-state index contributed by atoms with van der Waals surface area (Å²) >= 11 is 0. The molecule has 0 heterocycles. The van der Waals surface area contributed by atoms with E-state index in [2.05, 4.69) is 37.2 Å². The molecule has 0 saturated heterocycles. The van der Waals surface area contributed by atoms with E-state index < -0.39 is 8.53 Å². The third kappa shape index (κ3) is 7.28. The zero-order valence-corrected chi connectivity index (χ0v) is 13.1. The van der Waals surface area contributed by atoms with Crippen molar-refractivity contribution in [2.24, 2.45) is 5.92 Å². The van der Waals surface area contributed by atoms with Gasteiger partial charge in [-0.3, -0.25) is 0 Å². The van der Waals surface area contributed by atoms with Gasteiger partial charge < -0.3 is 13.9 Å². The van der Waals surface area contributed by atoms with Gasteiger partial charge in [-0.1, -0.05) is 13.8 Å². The van der Waals surface area contributed by atoms with E-state index in [0.29, 0.717) is 38.7 Å². The molecular formula is C13H27N2O2P. The molecule has 106 valence electrons. The standard InChI is InChI=1S/C13H27N2O2P/c1-11(2)10-17-18(16-9-8-14-7)15(12(3)4)13(5)6/h11-13H,8-10H2,1-6H3/i1D/t11-,18?/m1/s1. The first-order chi connectivity index (χ1) is 8.93. The summed E-state index contributed by atoms with van der Waals surface area (Å²) in [6, 6.07) is 0.649. The van der Waals surface area contributed by atoms with E-state index in [0.717, 1.165) is 0 Å². The van der Waals surface area contributed by atoms with E-state index in [1.165, 1.54) is 0 Å². The topological polar surface area (TPSA) is 26.1 Å². The van der Waals surface area contributed by atoms with Crippen LogP contribution in [0.2, 0.25) is 0 Å². The second kappa shape index (κ2) is 9.69. The van der Waals surface area contributed by atoms with Gasteiger partial charge in [0, 0.05) is 13.5 Å².